The highest BCUT2D eigenvalue weighted by Gasteiger charge is 2.17. The number of thiazole rings is 1. The number of nitrogens with one attached hydrogen (secondary N) is 1. The van der Waals surface area contributed by atoms with E-state index in [1.165, 1.54) is 23.5 Å². The van der Waals surface area contributed by atoms with Crippen LogP contribution in [0.2, 0.25) is 0 Å². The maximum absolute atomic E-state index is 13.1. The molecule has 0 aliphatic carbocycles. The van der Waals surface area contributed by atoms with Crippen molar-refractivity contribution in [3.63, 3.8) is 0 Å². The number of H-pyrrole nitrogens is 1. The van der Waals surface area contributed by atoms with Gasteiger partial charge in [0, 0.05) is 29.0 Å². The van der Waals surface area contributed by atoms with Crippen molar-refractivity contribution in [1.82, 2.24) is 9.97 Å². The Hall–Kier alpha value is -2.05. The predicted molar refractivity (Wildman–Crippen MR) is 71.7 cm³/mol. The minimum atomic E-state index is -0.340. The molecule has 2 aromatic heterocycles. The Morgan fingerprint density at radius 1 is 1.47 bits per heavy atom. The van der Waals surface area contributed by atoms with E-state index in [1.54, 1.807) is 17.6 Å². The molecule has 3 N–H and O–H groups in total. The molecule has 0 aliphatic heterocycles. The van der Waals surface area contributed by atoms with E-state index in [4.69, 9.17) is 5.73 Å². The quantitative estimate of drug-likeness (QED) is 0.721. The summed E-state index contributed by atoms with van der Waals surface area (Å²) in [5.74, 6) is -0.518. The molecule has 96 valence electrons. The average Bonchev–Trinajstić information content (AvgIpc) is 3.03. The number of hydrogen-bond acceptors (Lipinski definition) is 4. The van der Waals surface area contributed by atoms with Gasteiger partial charge in [-0.3, -0.25) is 4.79 Å². The normalized spacial score (nSPS) is 11.1. The summed E-state index contributed by atoms with van der Waals surface area (Å²) in [7, 11) is 0. The largest absolute Gasteiger partial charge is 0.360 e. The topological polar surface area (TPSA) is 71.8 Å². The number of benzene rings is 1. The summed E-state index contributed by atoms with van der Waals surface area (Å²) in [6.45, 7) is 0.308. The Kier molecular flexibility index (Phi) is 2.88. The van der Waals surface area contributed by atoms with Crippen LogP contribution in [0, 0.1) is 5.82 Å². The molecule has 3 aromatic rings. The summed E-state index contributed by atoms with van der Waals surface area (Å²) in [6, 6.07) is 4.28. The molecular weight excluding hydrogens is 265 g/mol. The van der Waals surface area contributed by atoms with E-state index in [0.29, 0.717) is 33.7 Å². The molecule has 0 saturated heterocycles. The summed E-state index contributed by atoms with van der Waals surface area (Å²) in [5.41, 5.74) is 7.26. The first kappa shape index (κ1) is 12.0. The Bertz CT molecular complexity index is 762. The molecule has 0 fully saturated rings. The van der Waals surface area contributed by atoms with Gasteiger partial charge in [0.25, 0.3) is 0 Å². The summed E-state index contributed by atoms with van der Waals surface area (Å²) in [5, 5.41) is 2.85. The van der Waals surface area contributed by atoms with Gasteiger partial charge in [0.05, 0.1) is 11.3 Å². The first-order valence-electron chi connectivity index (χ1n) is 5.65. The van der Waals surface area contributed by atoms with Crippen molar-refractivity contribution in [2.75, 3.05) is 0 Å². The fourth-order valence-corrected chi connectivity index (χ4v) is 2.69. The second-order valence-corrected chi connectivity index (χ2v) is 4.93. The molecule has 0 atom stereocenters. The lowest BCUT2D eigenvalue weighted by atomic mass is 10.1. The highest BCUT2D eigenvalue weighted by atomic mass is 32.1. The monoisotopic (exact) mass is 275 g/mol. The molecule has 0 unspecified atom stereocenters. The Labute approximate surface area is 112 Å². The predicted octanol–water partition coefficient (Wildman–Crippen LogP) is 2.45. The number of fused-ring (bicyclic) bond motifs is 1. The summed E-state index contributed by atoms with van der Waals surface area (Å²) < 4.78 is 13.1. The Morgan fingerprint density at radius 3 is 3.05 bits per heavy atom. The van der Waals surface area contributed by atoms with Crippen molar-refractivity contribution < 1.29 is 9.18 Å². The third-order valence-corrected chi connectivity index (χ3v) is 3.73. The zero-order valence-corrected chi connectivity index (χ0v) is 10.6. The molecule has 6 heteroatoms. The minimum absolute atomic E-state index is 0.178. The van der Waals surface area contributed by atoms with Gasteiger partial charge >= 0.3 is 0 Å². The molecule has 0 radical (unpaired) electrons. The number of nitrogens with two attached hydrogens (primary N) is 1. The highest BCUT2D eigenvalue weighted by Crippen LogP contribution is 2.23. The lowest BCUT2D eigenvalue weighted by molar-refractivity contribution is 0.104. The van der Waals surface area contributed by atoms with E-state index >= 15 is 0 Å². The van der Waals surface area contributed by atoms with Crippen molar-refractivity contribution >= 4 is 28.0 Å². The van der Waals surface area contributed by atoms with Crippen LogP contribution in [0.5, 0.6) is 0 Å². The lowest BCUT2D eigenvalue weighted by Gasteiger charge is -1.95. The third-order valence-electron chi connectivity index (χ3n) is 2.84. The van der Waals surface area contributed by atoms with Crippen molar-refractivity contribution in [2.45, 2.75) is 6.54 Å². The SMILES string of the molecule is NCc1csc(C(=O)c2c[nH]c3cc(F)ccc23)n1. The summed E-state index contributed by atoms with van der Waals surface area (Å²) in [6.07, 6.45) is 1.58. The van der Waals surface area contributed by atoms with E-state index in [0.717, 1.165) is 0 Å². The van der Waals surface area contributed by atoms with Crippen molar-refractivity contribution in [3.05, 3.63) is 51.9 Å². The molecular formula is C13H10FN3OS. The Balaban J connectivity index is 2.06. The fourth-order valence-electron chi connectivity index (χ4n) is 1.91. The molecule has 0 spiro atoms. The van der Waals surface area contributed by atoms with Gasteiger partial charge in [-0.15, -0.1) is 11.3 Å². The van der Waals surface area contributed by atoms with E-state index in [9.17, 15) is 9.18 Å². The Morgan fingerprint density at radius 2 is 2.32 bits per heavy atom. The molecule has 3 rings (SSSR count). The third kappa shape index (κ3) is 2.05. The summed E-state index contributed by atoms with van der Waals surface area (Å²) >= 11 is 1.26. The molecule has 1 aromatic carbocycles. The van der Waals surface area contributed by atoms with Crippen LogP contribution in [0.4, 0.5) is 4.39 Å². The van der Waals surface area contributed by atoms with Gasteiger partial charge in [-0.05, 0) is 18.2 Å². The van der Waals surface area contributed by atoms with Crippen LogP contribution >= 0.6 is 11.3 Å². The zero-order chi connectivity index (χ0) is 13.4. The molecule has 0 saturated carbocycles. The van der Waals surface area contributed by atoms with Crippen molar-refractivity contribution in [2.24, 2.45) is 5.73 Å². The molecule has 0 aliphatic rings. The molecule has 19 heavy (non-hydrogen) atoms. The number of ketones is 1. The molecule has 0 bridgehead atoms. The van der Waals surface area contributed by atoms with E-state index in [2.05, 4.69) is 9.97 Å². The van der Waals surface area contributed by atoms with Crippen LogP contribution in [0.1, 0.15) is 21.1 Å². The van der Waals surface area contributed by atoms with Crippen LogP contribution in [0.3, 0.4) is 0 Å². The van der Waals surface area contributed by atoms with Gasteiger partial charge in [-0.25, -0.2) is 9.37 Å². The van der Waals surface area contributed by atoms with E-state index in [-0.39, 0.29) is 11.6 Å². The number of hydrogen-bond donors (Lipinski definition) is 2. The molecule has 2 heterocycles. The number of halogens is 1. The van der Waals surface area contributed by atoms with Gasteiger partial charge in [0.2, 0.25) is 5.78 Å². The number of rotatable bonds is 3. The number of carbonyl (C=O) groups excluding carboxylic acids is 1. The second-order valence-electron chi connectivity index (χ2n) is 4.07. The average molecular weight is 275 g/mol. The zero-order valence-electron chi connectivity index (χ0n) is 9.81. The van der Waals surface area contributed by atoms with Crippen LogP contribution in [-0.2, 0) is 6.54 Å². The van der Waals surface area contributed by atoms with Crippen LogP contribution in [-0.4, -0.2) is 15.8 Å². The van der Waals surface area contributed by atoms with Gasteiger partial charge in [0.1, 0.15) is 5.82 Å². The first-order valence-corrected chi connectivity index (χ1v) is 6.53. The fraction of sp³-hybridized carbons (Fsp3) is 0.0769. The minimum Gasteiger partial charge on any atom is -0.360 e. The number of aromatic amines is 1. The lowest BCUT2D eigenvalue weighted by Crippen LogP contribution is -2.02. The maximum atomic E-state index is 13.1. The van der Waals surface area contributed by atoms with Gasteiger partial charge in [-0.1, -0.05) is 0 Å². The van der Waals surface area contributed by atoms with Gasteiger partial charge in [-0.2, -0.15) is 0 Å². The van der Waals surface area contributed by atoms with Crippen molar-refractivity contribution in [1.29, 1.82) is 0 Å². The van der Waals surface area contributed by atoms with Crippen LogP contribution < -0.4 is 5.73 Å². The number of nitrogens with zero attached hydrogens (tertiary/aromatic N) is 1. The van der Waals surface area contributed by atoms with Gasteiger partial charge in [0.15, 0.2) is 5.01 Å². The highest BCUT2D eigenvalue weighted by molar-refractivity contribution is 7.12. The number of carbonyl (C=O) groups is 1. The summed E-state index contributed by atoms with van der Waals surface area (Å²) in [4.78, 5) is 19.4. The van der Waals surface area contributed by atoms with Crippen molar-refractivity contribution in [3.8, 4) is 0 Å². The molecule has 0 amide bonds. The van der Waals surface area contributed by atoms with E-state index in [1.807, 2.05) is 0 Å². The number of aromatic nitrogens is 2. The maximum Gasteiger partial charge on any atom is 0.223 e. The molecule has 4 nitrogen and oxygen atoms in total. The van der Waals surface area contributed by atoms with Crippen LogP contribution in [0.25, 0.3) is 10.9 Å². The standard InChI is InChI=1S/C13H10FN3OS/c14-7-1-2-9-10(5-16-11(9)3-7)12(18)13-17-8(4-15)6-19-13/h1-3,5-6,16H,4,15H2. The van der Waals surface area contributed by atoms with E-state index < -0.39 is 0 Å². The second kappa shape index (κ2) is 4.56. The first-order chi connectivity index (χ1) is 9.19. The van der Waals surface area contributed by atoms with Gasteiger partial charge < -0.3 is 10.7 Å². The smallest absolute Gasteiger partial charge is 0.223 e. The van der Waals surface area contributed by atoms with Crippen LogP contribution in [0.15, 0.2) is 29.8 Å².